The molecule has 0 unspecified atom stereocenters. The SMILES string of the molecule is O=C(Nc1ccc(-c2nnc(-c3ccccc3)o2)cc1)c1ccccc1OC(F)(F)F. The van der Waals surface area contributed by atoms with Gasteiger partial charge in [0.1, 0.15) is 5.75 Å². The highest BCUT2D eigenvalue weighted by atomic mass is 19.4. The van der Waals surface area contributed by atoms with E-state index < -0.39 is 18.0 Å². The van der Waals surface area contributed by atoms with Crippen LogP contribution in [0.15, 0.2) is 83.3 Å². The second-order valence-electron chi connectivity index (χ2n) is 6.35. The molecule has 4 aromatic rings. The third-order valence-corrected chi connectivity index (χ3v) is 4.19. The second-order valence-corrected chi connectivity index (χ2v) is 6.35. The van der Waals surface area contributed by atoms with Gasteiger partial charge in [-0.15, -0.1) is 23.4 Å². The summed E-state index contributed by atoms with van der Waals surface area (Å²) in [5, 5.41) is 10.6. The molecule has 0 radical (unpaired) electrons. The second kappa shape index (κ2) is 8.31. The van der Waals surface area contributed by atoms with Crippen molar-refractivity contribution in [1.29, 1.82) is 0 Å². The number of nitrogens with zero attached hydrogens (tertiary/aromatic N) is 2. The molecule has 6 nitrogen and oxygen atoms in total. The van der Waals surface area contributed by atoms with Crippen molar-refractivity contribution in [3.05, 3.63) is 84.4 Å². The average Bonchev–Trinajstić information content (AvgIpc) is 3.24. The number of halogens is 3. The van der Waals surface area contributed by atoms with Crippen LogP contribution in [0.5, 0.6) is 5.75 Å². The minimum atomic E-state index is -4.90. The number of anilines is 1. The fourth-order valence-corrected chi connectivity index (χ4v) is 2.80. The monoisotopic (exact) mass is 425 g/mol. The van der Waals surface area contributed by atoms with Crippen molar-refractivity contribution in [1.82, 2.24) is 10.2 Å². The third kappa shape index (κ3) is 4.89. The maximum Gasteiger partial charge on any atom is 0.573 e. The highest BCUT2D eigenvalue weighted by molar-refractivity contribution is 6.06. The zero-order valence-electron chi connectivity index (χ0n) is 15.8. The van der Waals surface area contributed by atoms with Gasteiger partial charge in [-0.3, -0.25) is 4.79 Å². The van der Waals surface area contributed by atoms with Crippen LogP contribution >= 0.6 is 0 Å². The molecule has 0 aliphatic carbocycles. The first-order valence-corrected chi connectivity index (χ1v) is 9.04. The number of aromatic nitrogens is 2. The standard InChI is InChI=1S/C22H14F3N3O3/c23-22(24,25)31-18-9-5-4-8-17(18)19(29)26-16-12-10-15(11-13-16)21-28-27-20(30-21)14-6-2-1-3-7-14/h1-13H,(H,26,29). The maximum absolute atomic E-state index is 12.6. The first-order valence-electron chi connectivity index (χ1n) is 9.04. The Morgan fingerprint density at radius 2 is 1.39 bits per heavy atom. The van der Waals surface area contributed by atoms with Gasteiger partial charge in [-0.05, 0) is 48.5 Å². The van der Waals surface area contributed by atoms with Crippen LogP contribution in [0.25, 0.3) is 22.9 Å². The van der Waals surface area contributed by atoms with Crippen LogP contribution in [0.2, 0.25) is 0 Å². The van der Waals surface area contributed by atoms with E-state index in [4.69, 9.17) is 4.42 Å². The van der Waals surface area contributed by atoms with Gasteiger partial charge in [0.2, 0.25) is 11.8 Å². The van der Waals surface area contributed by atoms with E-state index in [1.165, 1.54) is 18.2 Å². The van der Waals surface area contributed by atoms with Gasteiger partial charge in [0, 0.05) is 16.8 Å². The highest BCUT2D eigenvalue weighted by Gasteiger charge is 2.32. The summed E-state index contributed by atoms with van der Waals surface area (Å²) in [5.41, 5.74) is 1.53. The number of carbonyl (C=O) groups excluding carboxylic acids is 1. The van der Waals surface area contributed by atoms with Gasteiger partial charge >= 0.3 is 6.36 Å². The van der Waals surface area contributed by atoms with Gasteiger partial charge in [-0.1, -0.05) is 30.3 Å². The zero-order valence-corrected chi connectivity index (χ0v) is 15.8. The fraction of sp³-hybridized carbons (Fsp3) is 0.0455. The molecule has 1 N–H and O–H groups in total. The van der Waals surface area contributed by atoms with Crippen molar-refractivity contribution in [2.75, 3.05) is 5.32 Å². The Morgan fingerprint density at radius 1 is 0.806 bits per heavy atom. The summed E-state index contributed by atoms with van der Waals surface area (Å²) in [6, 6.07) is 20.8. The lowest BCUT2D eigenvalue weighted by atomic mass is 10.1. The zero-order chi connectivity index (χ0) is 21.8. The summed E-state index contributed by atoms with van der Waals surface area (Å²) >= 11 is 0. The van der Waals surface area contributed by atoms with Crippen LogP contribution in [0, 0.1) is 0 Å². The Hall–Kier alpha value is -4.14. The predicted octanol–water partition coefficient (Wildman–Crippen LogP) is 5.55. The smallest absolute Gasteiger partial charge is 0.416 e. The van der Waals surface area contributed by atoms with Gasteiger partial charge in [-0.25, -0.2) is 0 Å². The molecule has 0 aliphatic heterocycles. The lowest BCUT2D eigenvalue weighted by molar-refractivity contribution is -0.274. The van der Waals surface area contributed by atoms with E-state index >= 15 is 0 Å². The molecule has 3 aromatic carbocycles. The van der Waals surface area contributed by atoms with E-state index in [0.29, 0.717) is 23.0 Å². The molecule has 0 bridgehead atoms. The van der Waals surface area contributed by atoms with Gasteiger partial charge in [-0.2, -0.15) is 0 Å². The molecule has 1 amide bonds. The number of hydrogen-bond donors (Lipinski definition) is 1. The van der Waals surface area contributed by atoms with Crippen LogP contribution < -0.4 is 10.1 Å². The number of nitrogens with one attached hydrogen (secondary N) is 1. The van der Waals surface area contributed by atoms with E-state index in [1.807, 2.05) is 30.3 Å². The van der Waals surface area contributed by atoms with E-state index in [2.05, 4.69) is 20.3 Å². The topological polar surface area (TPSA) is 77.3 Å². The summed E-state index contributed by atoms with van der Waals surface area (Å²) in [5.74, 6) is -0.657. The number of rotatable bonds is 5. The normalized spacial score (nSPS) is 11.2. The molecule has 0 aliphatic rings. The summed E-state index contributed by atoms with van der Waals surface area (Å²) in [4.78, 5) is 12.4. The van der Waals surface area contributed by atoms with Crippen LogP contribution in [0.3, 0.4) is 0 Å². The molecule has 0 spiro atoms. The molecule has 4 rings (SSSR count). The maximum atomic E-state index is 12.6. The Balaban J connectivity index is 1.49. The Bertz CT molecular complexity index is 1190. The van der Waals surface area contributed by atoms with Crippen LogP contribution in [-0.4, -0.2) is 22.5 Å². The van der Waals surface area contributed by atoms with Crippen molar-refractivity contribution < 1.29 is 27.1 Å². The predicted molar refractivity (Wildman–Crippen MR) is 106 cm³/mol. The summed E-state index contributed by atoms with van der Waals surface area (Å²) < 4.78 is 47.3. The van der Waals surface area contributed by atoms with Crippen LogP contribution in [0.4, 0.5) is 18.9 Å². The van der Waals surface area contributed by atoms with E-state index in [-0.39, 0.29) is 5.56 Å². The van der Waals surface area contributed by atoms with Crippen LogP contribution in [0.1, 0.15) is 10.4 Å². The minimum absolute atomic E-state index is 0.242. The molecule has 9 heteroatoms. The number of hydrogen-bond acceptors (Lipinski definition) is 5. The van der Waals surface area contributed by atoms with Crippen molar-refractivity contribution in [2.45, 2.75) is 6.36 Å². The third-order valence-electron chi connectivity index (χ3n) is 4.19. The van der Waals surface area contributed by atoms with Gasteiger partial charge in [0.05, 0.1) is 5.56 Å². The van der Waals surface area contributed by atoms with E-state index in [0.717, 1.165) is 11.6 Å². The van der Waals surface area contributed by atoms with Gasteiger partial charge in [0.25, 0.3) is 5.91 Å². The summed E-state index contributed by atoms with van der Waals surface area (Å²) in [7, 11) is 0. The van der Waals surface area contributed by atoms with Gasteiger partial charge in [0.15, 0.2) is 0 Å². The number of benzene rings is 3. The quantitative estimate of drug-likeness (QED) is 0.453. The number of ether oxygens (including phenoxy) is 1. The van der Waals surface area contributed by atoms with E-state index in [9.17, 15) is 18.0 Å². The number of para-hydroxylation sites is 1. The molecule has 0 fully saturated rings. The van der Waals surface area contributed by atoms with E-state index in [1.54, 1.807) is 24.3 Å². The average molecular weight is 425 g/mol. The molecular weight excluding hydrogens is 411 g/mol. The Morgan fingerprint density at radius 3 is 2.03 bits per heavy atom. The summed E-state index contributed by atoms with van der Waals surface area (Å²) in [6.07, 6.45) is -4.90. The lowest BCUT2D eigenvalue weighted by Gasteiger charge is -2.13. The summed E-state index contributed by atoms with van der Waals surface area (Å²) in [6.45, 7) is 0. The Labute approximate surface area is 174 Å². The van der Waals surface area contributed by atoms with Crippen molar-refractivity contribution in [3.63, 3.8) is 0 Å². The molecule has 0 saturated carbocycles. The first-order chi connectivity index (χ1) is 14.9. The van der Waals surface area contributed by atoms with Crippen molar-refractivity contribution in [2.24, 2.45) is 0 Å². The number of carbonyl (C=O) groups is 1. The Kier molecular flexibility index (Phi) is 5.40. The number of amides is 1. The van der Waals surface area contributed by atoms with Crippen molar-refractivity contribution in [3.8, 4) is 28.7 Å². The largest absolute Gasteiger partial charge is 0.573 e. The lowest BCUT2D eigenvalue weighted by Crippen LogP contribution is -2.20. The molecular formula is C22H14F3N3O3. The molecule has 31 heavy (non-hydrogen) atoms. The molecule has 1 heterocycles. The van der Waals surface area contributed by atoms with Gasteiger partial charge < -0.3 is 14.5 Å². The fourth-order valence-electron chi connectivity index (χ4n) is 2.80. The highest BCUT2D eigenvalue weighted by Crippen LogP contribution is 2.28. The first kappa shape index (κ1) is 20.1. The molecule has 156 valence electrons. The molecule has 1 aromatic heterocycles. The minimum Gasteiger partial charge on any atom is -0.416 e. The molecule has 0 saturated heterocycles. The molecule has 0 atom stereocenters. The van der Waals surface area contributed by atoms with Crippen molar-refractivity contribution >= 4 is 11.6 Å². The number of alkyl halides is 3. The van der Waals surface area contributed by atoms with Crippen LogP contribution in [-0.2, 0) is 0 Å².